The van der Waals surface area contributed by atoms with E-state index >= 15 is 0 Å². The highest BCUT2D eigenvalue weighted by molar-refractivity contribution is 9.10. The van der Waals surface area contributed by atoms with E-state index in [0.29, 0.717) is 22.6 Å². The molecule has 2 rings (SSSR count). The van der Waals surface area contributed by atoms with Crippen LogP contribution in [0.5, 0.6) is 0 Å². The van der Waals surface area contributed by atoms with Gasteiger partial charge in [-0.05, 0) is 65.7 Å². The van der Waals surface area contributed by atoms with Crippen molar-refractivity contribution in [1.82, 2.24) is 4.72 Å². The van der Waals surface area contributed by atoms with Gasteiger partial charge in [-0.1, -0.05) is 0 Å². The first-order valence-electron chi connectivity index (χ1n) is 6.61. The molecule has 1 fully saturated rings. The Labute approximate surface area is 127 Å². The van der Waals surface area contributed by atoms with Gasteiger partial charge >= 0.3 is 0 Å². The van der Waals surface area contributed by atoms with Crippen LogP contribution < -0.4 is 10.5 Å². The number of sulfonamides is 1. The number of hydrogen-bond donors (Lipinski definition) is 3. The number of rotatable bonds is 4. The SMILES string of the molecule is Nc1ccc(S(=O)(=O)NCC2CCC(O)CC2)cc1Br. The summed E-state index contributed by atoms with van der Waals surface area (Å²) in [6.45, 7) is 0.414. The molecule has 0 atom stereocenters. The third-order valence-corrected chi connectivity index (χ3v) is 5.77. The maximum Gasteiger partial charge on any atom is 0.240 e. The highest BCUT2D eigenvalue weighted by Crippen LogP contribution is 2.25. The molecule has 0 saturated heterocycles. The molecule has 0 unspecified atom stereocenters. The van der Waals surface area contributed by atoms with Crippen LogP contribution in [0.15, 0.2) is 27.6 Å². The number of hydrogen-bond acceptors (Lipinski definition) is 4. The van der Waals surface area contributed by atoms with Crippen molar-refractivity contribution in [1.29, 1.82) is 0 Å². The average molecular weight is 363 g/mol. The Hall–Kier alpha value is -0.630. The van der Waals surface area contributed by atoms with Crippen LogP contribution in [0.25, 0.3) is 0 Å². The summed E-state index contributed by atoms with van der Waals surface area (Å²) in [7, 11) is -3.51. The molecule has 0 heterocycles. The van der Waals surface area contributed by atoms with E-state index in [1.807, 2.05) is 0 Å². The average Bonchev–Trinajstić information content (AvgIpc) is 2.41. The summed E-state index contributed by atoms with van der Waals surface area (Å²) in [5.41, 5.74) is 6.15. The normalized spacial score (nSPS) is 23.7. The number of nitrogens with one attached hydrogen (secondary N) is 1. The first kappa shape index (κ1) is 15.8. The number of halogens is 1. The molecule has 0 radical (unpaired) electrons. The molecule has 0 amide bonds. The number of nitrogen functional groups attached to an aromatic ring is 1. The summed E-state index contributed by atoms with van der Waals surface area (Å²) >= 11 is 3.23. The van der Waals surface area contributed by atoms with Gasteiger partial charge in [0.05, 0.1) is 11.0 Å². The fourth-order valence-corrected chi connectivity index (χ4v) is 4.01. The molecular formula is C13H19BrN2O3S. The maximum absolute atomic E-state index is 12.2. The van der Waals surface area contributed by atoms with Crippen molar-refractivity contribution in [3.63, 3.8) is 0 Å². The van der Waals surface area contributed by atoms with Gasteiger partial charge in [0, 0.05) is 16.7 Å². The van der Waals surface area contributed by atoms with Gasteiger partial charge in [0.25, 0.3) is 0 Å². The van der Waals surface area contributed by atoms with Crippen LogP contribution in [0, 0.1) is 5.92 Å². The highest BCUT2D eigenvalue weighted by Gasteiger charge is 2.22. The van der Waals surface area contributed by atoms with Crippen molar-refractivity contribution < 1.29 is 13.5 Å². The smallest absolute Gasteiger partial charge is 0.240 e. The molecule has 5 nitrogen and oxygen atoms in total. The van der Waals surface area contributed by atoms with Crippen molar-refractivity contribution in [2.45, 2.75) is 36.7 Å². The first-order chi connectivity index (χ1) is 9.38. The summed E-state index contributed by atoms with van der Waals surface area (Å²) in [5.74, 6) is 0.297. The van der Waals surface area contributed by atoms with E-state index in [2.05, 4.69) is 20.7 Å². The van der Waals surface area contributed by atoms with E-state index in [1.165, 1.54) is 12.1 Å². The lowest BCUT2D eigenvalue weighted by molar-refractivity contribution is 0.109. The molecule has 0 bridgehead atoms. The third-order valence-electron chi connectivity index (χ3n) is 3.66. The molecule has 4 N–H and O–H groups in total. The largest absolute Gasteiger partial charge is 0.398 e. The first-order valence-corrected chi connectivity index (χ1v) is 8.89. The molecule has 1 saturated carbocycles. The maximum atomic E-state index is 12.2. The minimum absolute atomic E-state index is 0.203. The second-order valence-electron chi connectivity index (χ2n) is 5.21. The van der Waals surface area contributed by atoms with E-state index < -0.39 is 10.0 Å². The topological polar surface area (TPSA) is 92.4 Å². The summed E-state index contributed by atoms with van der Waals surface area (Å²) in [4.78, 5) is 0.203. The van der Waals surface area contributed by atoms with Crippen LogP contribution in [0.2, 0.25) is 0 Å². The Balaban J connectivity index is 1.98. The second kappa shape index (κ2) is 6.43. The van der Waals surface area contributed by atoms with Crippen molar-refractivity contribution in [2.24, 2.45) is 5.92 Å². The van der Waals surface area contributed by atoms with Gasteiger partial charge in [0.1, 0.15) is 0 Å². The van der Waals surface area contributed by atoms with E-state index in [0.717, 1.165) is 25.7 Å². The number of aliphatic hydroxyl groups is 1. The fraction of sp³-hybridized carbons (Fsp3) is 0.538. The van der Waals surface area contributed by atoms with Gasteiger partial charge in [-0.15, -0.1) is 0 Å². The zero-order chi connectivity index (χ0) is 14.8. The number of nitrogens with two attached hydrogens (primary N) is 1. The third kappa shape index (κ3) is 3.94. The predicted molar refractivity (Wildman–Crippen MR) is 81.7 cm³/mol. The quantitative estimate of drug-likeness (QED) is 0.712. The second-order valence-corrected chi connectivity index (χ2v) is 7.83. The van der Waals surface area contributed by atoms with E-state index in [1.54, 1.807) is 6.07 Å². The van der Waals surface area contributed by atoms with Crippen LogP contribution in [0.3, 0.4) is 0 Å². The lowest BCUT2D eigenvalue weighted by Gasteiger charge is -2.25. The highest BCUT2D eigenvalue weighted by atomic mass is 79.9. The van der Waals surface area contributed by atoms with Crippen molar-refractivity contribution in [3.05, 3.63) is 22.7 Å². The van der Waals surface area contributed by atoms with Crippen LogP contribution in [0.4, 0.5) is 5.69 Å². The number of aliphatic hydroxyl groups excluding tert-OH is 1. The zero-order valence-electron chi connectivity index (χ0n) is 11.0. The molecule has 0 spiro atoms. The van der Waals surface area contributed by atoms with Gasteiger partial charge < -0.3 is 10.8 Å². The van der Waals surface area contributed by atoms with Crippen LogP contribution >= 0.6 is 15.9 Å². The summed E-state index contributed by atoms with van der Waals surface area (Å²) in [6, 6.07) is 4.56. The lowest BCUT2D eigenvalue weighted by Crippen LogP contribution is -2.32. The molecule has 1 aliphatic carbocycles. The van der Waals surface area contributed by atoms with Gasteiger partial charge in [-0.3, -0.25) is 0 Å². The molecule has 1 aromatic carbocycles. The Morgan fingerprint density at radius 2 is 1.95 bits per heavy atom. The van der Waals surface area contributed by atoms with Crippen molar-refractivity contribution in [3.8, 4) is 0 Å². The standard InChI is InChI=1S/C13H19BrN2O3S/c14-12-7-11(5-6-13(12)15)20(18,19)16-8-9-1-3-10(17)4-2-9/h5-7,9-10,16-17H,1-4,8,15H2. The van der Waals surface area contributed by atoms with E-state index in [9.17, 15) is 13.5 Å². The Bertz CT molecular complexity index is 569. The molecule has 1 aliphatic rings. The molecule has 0 aromatic heterocycles. The summed E-state index contributed by atoms with van der Waals surface area (Å²) < 4.78 is 27.6. The molecular weight excluding hydrogens is 344 g/mol. The molecule has 0 aliphatic heterocycles. The molecule has 112 valence electrons. The van der Waals surface area contributed by atoms with Gasteiger partial charge in [-0.25, -0.2) is 13.1 Å². The summed E-state index contributed by atoms with van der Waals surface area (Å²) in [6.07, 6.45) is 2.99. The molecule has 20 heavy (non-hydrogen) atoms. The molecule has 1 aromatic rings. The van der Waals surface area contributed by atoms with E-state index in [4.69, 9.17) is 5.73 Å². The minimum Gasteiger partial charge on any atom is -0.398 e. The van der Waals surface area contributed by atoms with Gasteiger partial charge in [-0.2, -0.15) is 0 Å². The Morgan fingerprint density at radius 3 is 2.55 bits per heavy atom. The van der Waals surface area contributed by atoms with Crippen LogP contribution in [-0.4, -0.2) is 26.2 Å². The Morgan fingerprint density at radius 1 is 1.30 bits per heavy atom. The Kier molecular flexibility index (Phi) is 5.06. The monoisotopic (exact) mass is 362 g/mol. The zero-order valence-corrected chi connectivity index (χ0v) is 13.5. The summed E-state index contributed by atoms with van der Waals surface area (Å²) in [5, 5.41) is 9.43. The van der Waals surface area contributed by atoms with Crippen LogP contribution in [-0.2, 0) is 10.0 Å². The van der Waals surface area contributed by atoms with Crippen molar-refractivity contribution in [2.75, 3.05) is 12.3 Å². The van der Waals surface area contributed by atoms with Crippen molar-refractivity contribution >= 4 is 31.6 Å². The lowest BCUT2D eigenvalue weighted by atomic mass is 9.88. The van der Waals surface area contributed by atoms with Gasteiger partial charge in [0.15, 0.2) is 0 Å². The molecule has 7 heteroatoms. The number of benzene rings is 1. The van der Waals surface area contributed by atoms with E-state index in [-0.39, 0.29) is 11.0 Å². The predicted octanol–water partition coefficient (Wildman–Crippen LogP) is 1.86. The fourth-order valence-electron chi connectivity index (χ4n) is 2.33. The number of anilines is 1. The van der Waals surface area contributed by atoms with Crippen LogP contribution in [0.1, 0.15) is 25.7 Å². The van der Waals surface area contributed by atoms with Gasteiger partial charge in [0.2, 0.25) is 10.0 Å². The minimum atomic E-state index is -3.51.